The molecule has 2 amide bonds. The first-order chi connectivity index (χ1) is 11.0. The minimum Gasteiger partial charge on any atom is -0.309 e. The smallest absolute Gasteiger partial charge is 0.299 e. The molecular formula is C16H12BrN3O3. The molecular weight excluding hydrogens is 362 g/mol. The number of Topliss-reactive ketones (excluding diaryl/α,β-unsaturated/α-hetero) is 1. The maximum Gasteiger partial charge on any atom is 0.299 e. The molecule has 1 aromatic heterocycles. The highest BCUT2D eigenvalue weighted by molar-refractivity contribution is 9.10. The summed E-state index contributed by atoms with van der Waals surface area (Å²) >= 11 is 3.31. The fourth-order valence-corrected chi connectivity index (χ4v) is 3.09. The lowest BCUT2D eigenvalue weighted by Gasteiger charge is -2.18. The number of nitrogens with zero attached hydrogens (tertiary/aromatic N) is 2. The van der Waals surface area contributed by atoms with Gasteiger partial charge in [0, 0.05) is 10.7 Å². The number of amides is 2. The lowest BCUT2D eigenvalue weighted by atomic mass is 10.1. The molecule has 0 bridgehead atoms. The number of nitrogens with one attached hydrogen (secondary N) is 1. The number of fused-ring (bicyclic) bond motifs is 1. The summed E-state index contributed by atoms with van der Waals surface area (Å²) in [5, 5.41) is 2.60. The van der Waals surface area contributed by atoms with Crippen LogP contribution < -0.4 is 10.2 Å². The number of pyridine rings is 1. The average molecular weight is 374 g/mol. The van der Waals surface area contributed by atoms with E-state index in [0.29, 0.717) is 17.1 Å². The number of anilines is 2. The molecule has 1 N–H and O–H groups in total. The van der Waals surface area contributed by atoms with Crippen LogP contribution in [-0.4, -0.2) is 29.1 Å². The Morgan fingerprint density at radius 1 is 1.30 bits per heavy atom. The van der Waals surface area contributed by atoms with E-state index in [4.69, 9.17) is 0 Å². The zero-order valence-corrected chi connectivity index (χ0v) is 13.8. The molecule has 7 heteroatoms. The lowest BCUT2D eigenvalue weighted by molar-refractivity contribution is -0.118. The average Bonchev–Trinajstić information content (AvgIpc) is 2.73. The van der Waals surface area contributed by atoms with Crippen molar-refractivity contribution in [1.29, 1.82) is 0 Å². The molecule has 6 nitrogen and oxygen atoms in total. The Hall–Kier alpha value is -2.54. The molecule has 0 saturated heterocycles. The van der Waals surface area contributed by atoms with Gasteiger partial charge in [0.05, 0.1) is 11.3 Å². The Kier molecular flexibility index (Phi) is 3.96. The van der Waals surface area contributed by atoms with Crippen molar-refractivity contribution in [3.63, 3.8) is 0 Å². The predicted octanol–water partition coefficient (Wildman–Crippen LogP) is 2.32. The summed E-state index contributed by atoms with van der Waals surface area (Å²) in [5.74, 6) is -1.32. The summed E-state index contributed by atoms with van der Waals surface area (Å²) in [6, 6.07) is 8.51. The number of hydrogen-bond donors (Lipinski definition) is 1. The molecule has 0 spiro atoms. The van der Waals surface area contributed by atoms with Crippen LogP contribution in [0.3, 0.4) is 0 Å². The maximum atomic E-state index is 12.2. The van der Waals surface area contributed by atoms with E-state index in [0.717, 1.165) is 10.0 Å². The Balaban J connectivity index is 1.86. The number of carbonyl (C=O) groups is 3. The maximum absolute atomic E-state index is 12.2. The van der Waals surface area contributed by atoms with Crippen LogP contribution in [0.25, 0.3) is 0 Å². The van der Waals surface area contributed by atoms with Crippen molar-refractivity contribution >= 4 is 45.0 Å². The zero-order chi connectivity index (χ0) is 16.6. The number of rotatable bonds is 3. The van der Waals surface area contributed by atoms with Gasteiger partial charge in [0.2, 0.25) is 5.91 Å². The third-order valence-electron chi connectivity index (χ3n) is 3.45. The van der Waals surface area contributed by atoms with Gasteiger partial charge in [-0.15, -0.1) is 0 Å². The van der Waals surface area contributed by atoms with Crippen molar-refractivity contribution < 1.29 is 14.4 Å². The van der Waals surface area contributed by atoms with Gasteiger partial charge in [0.25, 0.3) is 11.7 Å². The van der Waals surface area contributed by atoms with Crippen molar-refractivity contribution in [2.75, 3.05) is 16.8 Å². The third-order valence-corrected chi connectivity index (χ3v) is 3.91. The van der Waals surface area contributed by atoms with E-state index in [9.17, 15) is 14.4 Å². The molecule has 2 heterocycles. The molecule has 1 aromatic carbocycles. The highest BCUT2D eigenvalue weighted by Crippen LogP contribution is 2.34. The molecule has 0 fully saturated rings. The van der Waals surface area contributed by atoms with E-state index in [1.54, 1.807) is 43.5 Å². The SMILES string of the molecule is Cc1cc(Br)cc2c1N(CC(=O)Nc1ccccn1)C(=O)C2=O. The van der Waals surface area contributed by atoms with Crippen molar-refractivity contribution in [1.82, 2.24) is 4.98 Å². The van der Waals surface area contributed by atoms with Crippen LogP contribution >= 0.6 is 15.9 Å². The zero-order valence-electron chi connectivity index (χ0n) is 12.2. The summed E-state index contributed by atoms with van der Waals surface area (Å²) in [4.78, 5) is 41.6. The van der Waals surface area contributed by atoms with E-state index >= 15 is 0 Å². The van der Waals surface area contributed by atoms with Crippen molar-refractivity contribution in [3.05, 3.63) is 52.1 Å². The van der Waals surface area contributed by atoms with Gasteiger partial charge in [0.15, 0.2) is 0 Å². The Morgan fingerprint density at radius 3 is 2.78 bits per heavy atom. The molecule has 0 unspecified atom stereocenters. The molecule has 0 aliphatic carbocycles. The third kappa shape index (κ3) is 2.87. The second kappa shape index (κ2) is 5.92. The fourth-order valence-electron chi connectivity index (χ4n) is 2.52. The molecule has 23 heavy (non-hydrogen) atoms. The van der Waals surface area contributed by atoms with Gasteiger partial charge in [-0.25, -0.2) is 4.98 Å². The van der Waals surface area contributed by atoms with Gasteiger partial charge >= 0.3 is 0 Å². The number of aryl methyl sites for hydroxylation is 1. The van der Waals surface area contributed by atoms with Gasteiger partial charge < -0.3 is 5.32 Å². The summed E-state index contributed by atoms with van der Waals surface area (Å²) < 4.78 is 0.717. The number of aromatic nitrogens is 1. The van der Waals surface area contributed by atoms with Crippen LogP contribution in [0.1, 0.15) is 15.9 Å². The first-order valence-corrected chi connectivity index (χ1v) is 7.64. The number of carbonyl (C=O) groups excluding carboxylic acids is 3. The molecule has 116 valence electrons. The minimum absolute atomic E-state index is 0.239. The first-order valence-electron chi connectivity index (χ1n) is 6.84. The van der Waals surface area contributed by atoms with E-state index in [-0.39, 0.29) is 6.54 Å². The summed E-state index contributed by atoms with van der Waals surface area (Å²) in [7, 11) is 0. The fraction of sp³-hybridized carbons (Fsp3) is 0.125. The number of hydrogen-bond acceptors (Lipinski definition) is 4. The summed E-state index contributed by atoms with van der Waals surface area (Å²) in [6.45, 7) is 1.55. The number of halogens is 1. The second-order valence-corrected chi connectivity index (χ2v) is 6.02. The molecule has 0 atom stereocenters. The normalized spacial score (nSPS) is 13.2. The molecule has 1 aliphatic rings. The largest absolute Gasteiger partial charge is 0.309 e. The Morgan fingerprint density at radius 2 is 2.09 bits per heavy atom. The van der Waals surface area contributed by atoms with Crippen LogP contribution in [0.2, 0.25) is 0 Å². The van der Waals surface area contributed by atoms with E-state index in [1.807, 2.05) is 0 Å². The summed E-state index contributed by atoms with van der Waals surface area (Å²) in [5.41, 5.74) is 1.55. The molecule has 3 rings (SSSR count). The van der Waals surface area contributed by atoms with Gasteiger partial charge in [-0.1, -0.05) is 22.0 Å². The molecule has 2 aromatic rings. The van der Waals surface area contributed by atoms with Gasteiger partial charge in [-0.05, 0) is 36.8 Å². The standard InChI is InChI=1S/C16H12BrN3O3/c1-9-6-10(17)7-11-14(9)20(16(23)15(11)22)8-13(21)19-12-4-2-3-5-18-12/h2-7H,8H2,1H3,(H,18,19,21). The quantitative estimate of drug-likeness (QED) is 0.837. The number of benzene rings is 1. The van der Waals surface area contributed by atoms with E-state index in [1.165, 1.54) is 4.90 Å². The van der Waals surface area contributed by atoms with Gasteiger partial charge in [-0.2, -0.15) is 0 Å². The molecule has 0 radical (unpaired) electrons. The van der Waals surface area contributed by atoms with Crippen molar-refractivity contribution in [2.24, 2.45) is 0 Å². The van der Waals surface area contributed by atoms with Crippen molar-refractivity contribution in [2.45, 2.75) is 6.92 Å². The van der Waals surface area contributed by atoms with Crippen molar-refractivity contribution in [3.8, 4) is 0 Å². The Labute approximate surface area is 140 Å². The monoisotopic (exact) mass is 373 g/mol. The predicted molar refractivity (Wildman–Crippen MR) is 88.4 cm³/mol. The van der Waals surface area contributed by atoms with Gasteiger partial charge in [-0.3, -0.25) is 19.3 Å². The van der Waals surface area contributed by atoms with Gasteiger partial charge in [0.1, 0.15) is 12.4 Å². The second-order valence-electron chi connectivity index (χ2n) is 5.10. The van der Waals surface area contributed by atoms with Crippen LogP contribution in [0, 0.1) is 6.92 Å². The summed E-state index contributed by atoms with van der Waals surface area (Å²) in [6.07, 6.45) is 1.55. The minimum atomic E-state index is -0.697. The molecule has 0 saturated carbocycles. The lowest BCUT2D eigenvalue weighted by Crippen LogP contribution is -2.37. The van der Waals surface area contributed by atoms with Crippen LogP contribution in [0.4, 0.5) is 11.5 Å². The van der Waals surface area contributed by atoms with Crippen LogP contribution in [0.15, 0.2) is 41.0 Å². The first kappa shape index (κ1) is 15.4. The van der Waals surface area contributed by atoms with E-state index < -0.39 is 17.6 Å². The molecule has 1 aliphatic heterocycles. The van der Waals surface area contributed by atoms with Crippen LogP contribution in [0.5, 0.6) is 0 Å². The highest BCUT2D eigenvalue weighted by Gasteiger charge is 2.38. The topological polar surface area (TPSA) is 79.4 Å². The Bertz CT molecular complexity index is 821. The number of ketones is 1. The highest BCUT2D eigenvalue weighted by atomic mass is 79.9. The van der Waals surface area contributed by atoms with Crippen LogP contribution in [-0.2, 0) is 9.59 Å². The van der Waals surface area contributed by atoms with E-state index in [2.05, 4.69) is 26.2 Å².